The molecule has 0 aliphatic carbocycles. The molecule has 0 bridgehead atoms. The molecule has 0 saturated carbocycles. The summed E-state index contributed by atoms with van der Waals surface area (Å²) in [5.41, 5.74) is 0.275. The molecular formula is C18H25N3O3S. The van der Waals surface area contributed by atoms with E-state index in [0.717, 1.165) is 34.9 Å². The monoisotopic (exact) mass is 363 g/mol. The lowest BCUT2D eigenvalue weighted by atomic mass is 10.1. The lowest BCUT2D eigenvalue weighted by Gasteiger charge is -2.29. The fraction of sp³-hybridized carbons (Fsp3) is 0.500. The molecule has 0 spiro atoms. The molecular weight excluding hydrogens is 338 g/mol. The van der Waals surface area contributed by atoms with E-state index in [0.29, 0.717) is 6.42 Å². The van der Waals surface area contributed by atoms with Crippen molar-refractivity contribution in [2.45, 2.75) is 45.3 Å². The topological polar surface area (TPSA) is 73.7 Å². The van der Waals surface area contributed by atoms with E-state index in [1.165, 1.54) is 0 Å². The first-order valence-electron chi connectivity index (χ1n) is 8.26. The van der Waals surface area contributed by atoms with Crippen LogP contribution >= 0.6 is 11.9 Å². The molecule has 1 aliphatic heterocycles. The van der Waals surface area contributed by atoms with Gasteiger partial charge >= 0.3 is 6.09 Å². The largest absolute Gasteiger partial charge is 0.443 e. The summed E-state index contributed by atoms with van der Waals surface area (Å²) in [4.78, 5) is 27.2. The van der Waals surface area contributed by atoms with Crippen LogP contribution in [0.1, 0.15) is 33.6 Å². The van der Waals surface area contributed by atoms with Gasteiger partial charge < -0.3 is 9.64 Å². The minimum absolute atomic E-state index is 0.338. The Balaban J connectivity index is 2.14. The Bertz CT molecular complexity index is 643. The molecule has 1 N–H and O–H groups in total. The van der Waals surface area contributed by atoms with E-state index < -0.39 is 17.7 Å². The summed E-state index contributed by atoms with van der Waals surface area (Å²) >= 11 is 1.01. The third-order valence-electron chi connectivity index (χ3n) is 3.82. The van der Waals surface area contributed by atoms with Crippen molar-refractivity contribution >= 4 is 35.3 Å². The molecule has 1 aromatic rings. The number of amidine groups is 1. The Morgan fingerprint density at radius 1 is 1.28 bits per heavy atom. The highest BCUT2D eigenvalue weighted by Crippen LogP contribution is 2.27. The predicted molar refractivity (Wildman–Crippen MR) is 101 cm³/mol. The van der Waals surface area contributed by atoms with E-state index in [1.54, 1.807) is 27.0 Å². The fourth-order valence-electron chi connectivity index (χ4n) is 2.79. The minimum atomic E-state index is -0.692. The van der Waals surface area contributed by atoms with Gasteiger partial charge in [0.25, 0.3) is 0 Å². The SMILES string of the molecule is CSN(C(=N)C(=O)[C@@H]1CCCN1c1ccccc1)C(=O)OC(C)(C)C. The Morgan fingerprint density at radius 3 is 2.48 bits per heavy atom. The molecule has 6 nitrogen and oxygen atoms in total. The molecule has 1 aromatic carbocycles. The fourth-order valence-corrected chi connectivity index (χ4v) is 3.25. The number of para-hydroxylation sites is 1. The van der Waals surface area contributed by atoms with Crippen molar-refractivity contribution in [1.29, 1.82) is 5.41 Å². The quantitative estimate of drug-likeness (QED) is 0.501. The Kier molecular flexibility index (Phi) is 6.11. The first-order chi connectivity index (χ1) is 11.7. The summed E-state index contributed by atoms with van der Waals surface area (Å²) in [6.45, 7) is 6.02. The number of ether oxygens (including phenoxy) is 1. The first-order valence-corrected chi connectivity index (χ1v) is 9.44. The highest BCUT2D eigenvalue weighted by Gasteiger charge is 2.37. The molecule has 136 valence electrons. The number of nitrogens with zero attached hydrogens (tertiary/aromatic N) is 2. The van der Waals surface area contributed by atoms with Gasteiger partial charge in [0.05, 0.1) is 6.04 Å². The molecule has 0 unspecified atom stereocenters. The predicted octanol–water partition coefficient (Wildman–Crippen LogP) is 3.72. The molecule has 2 rings (SSSR count). The molecule has 7 heteroatoms. The lowest BCUT2D eigenvalue weighted by Crippen LogP contribution is -2.46. The smallest absolute Gasteiger partial charge is 0.426 e. The van der Waals surface area contributed by atoms with Crippen molar-refractivity contribution in [2.75, 3.05) is 17.7 Å². The number of nitrogens with one attached hydrogen (secondary N) is 1. The van der Waals surface area contributed by atoms with Crippen molar-refractivity contribution in [1.82, 2.24) is 4.31 Å². The lowest BCUT2D eigenvalue weighted by molar-refractivity contribution is -0.114. The summed E-state index contributed by atoms with van der Waals surface area (Å²) in [5, 5.41) is 8.24. The van der Waals surface area contributed by atoms with Gasteiger partial charge in [0.2, 0.25) is 5.78 Å². The van der Waals surface area contributed by atoms with Gasteiger partial charge in [-0.1, -0.05) is 18.2 Å². The third-order valence-corrected chi connectivity index (χ3v) is 4.52. The van der Waals surface area contributed by atoms with Crippen LogP contribution in [0.4, 0.5) is 10.5 Å². The van der Waals surface area contributed by atoms with Crippen LogP contribution in [0.5, 0.6) is 0 Å². The van der Waals surface area contributed by atoms with Crippen LogP contribution in [0.3, 0.4) is 0 Å². The number of carbonyl (C=O) groups is 2. The third kappa shape index (κ3) is 4.75. The Labute approximate surface area is 153 Å². The summed E-state index contributed by atoms with van der Waals surface area (Å²) < 4.78 is 6.32. The molecule has 1 aliphatic rings. The van der Waals surface area contributed by atoms with Gasteiger partial charge in [0, 0.05) is 18.5 Å². The van der Waals surface area contributed by atoms with E-state index in [2.05, 4.69) is 0 Å². The van der Waals surface area contributed by atoms with Gasteiger partial charge in [-0.15, -0.1) is 0 Å². The van der Waals surface area contributed by atoms with E-state index in [4.69, 9.17) is 10.1 Å². The van der Waals surface area contributed by atoms with Crippen LogP contribution in [0.15, 0.2) is 30.3 Å². The standard InChI is InChI=1S/C18H25N3O3S/c1-18(2,3)24-17(23)21(25-4)16(19)15(22)14-11-8-12-20(14)13-9-6-5-7-10-13/h5-7,9-10,14,19H,8,11-12H2,1-4H3/t14-/m0/s1. The molecule has 0 aromatic heterocycles. The van der Waals surface area contributed by atoms with Crippen LogP contribution < -0.4 is 4.90 Å². The number of rotatable bonds is 4. The van der Waals surface area contributed by atoms with Crippen LogP contribution in [0.2, 0.25) is 0 Å². The molecule has 25 heavy (non-hydrogen) atoms. The maximum Gasteiger partial charge on any atom is 0.426 e. The van der Waals surface area contributed by atoms with Crippen LogP contribution in [0.25, 0.3) is 0 Å². The van der Waals surface area contributed by atoms with Gasteiger partial charge in [0.1, 0.15) is 5.60 Å². The van der Waals surface area contributed by atoms with E-state index in [1.807, 2.05) is 35.2 Å². The molecule has 1 saturated heterocycles. The number of amides is 1. The summed E-state index contributed by atoms with van der Waals surface area (Å²) in [6, 6.07) is 9.26. The summed E-state index contributed by atoms with van der Waals surface area (Å²) in [5.74, 6) is -0.698. The number of hydrogen-bond acceptors (Lipinski definition) is 6. The number of carbonyl (C=O) groups excluding carboxylic acids is 2. The number of hydrogen-bond donors (Lipinski definition) is 1. The maximum atomic E-state index is 12.9. The highest BCUT2D eigenvalue weighted by molar-refractivity contribution is 7.97. The van der Waals surface area contributed by atoms with Crippen molar-refractivity contribution < 1.29 is 14.3 Å². The van der Waals surface area contributed by atoms with Crippen molar-refractivity contribution in [3.63, 3.8) is 0 Å². The zero-order chi connectivity index (χ0) is 18.6. The zero-order valence-electron chi connectivity index (χ0n) is 15.1. The summed E-state index contributed by atoms with van der Waals surface area (Å²) in [7, 11) is 0. The average Bonchev–Trinajstić information content (AvgIpc) is 3.03. The van der Waals surface area contributed by atoms with Crippen LogP contribution in [0, 0.1) is 5.41 Å². The second-order valence-electron chi connectivity index (χ2n) is 6.86. The van der Waals surface area contributed by atoms with Crippen molar-refractivity contribution in [3.05, 3.63) is 30.3 Å². The van der Waals surface area contributed by atoms with E-state index >= 15 is 0 Å². The Morgan fingerprint density at radius 2 is 1.92 bits per heavy atom. The normalized spacial score (nSPS) is 17.3. The Hall–Kier alpha value is -2.02. The number of benzene rings is 1. The van der Waals surface area contributed by atoms with Crippen molar-refractivity contribution in [2.24, 2.45) is 0 Å². The van der Waals surface area contributed by atoms with Gasteiger partial charge in [-0.2, -0.15) is 4.31 Å². The van der Waals surface area contributed by atoms with Gasteiger partial charge in [0.15, 0.2) is 5.84 Å². The average molecular weight is 363 g/mol. The van der Waals surface area contributed by atoms with Gasteiger partial charge in [-0.25, -0.2) is 4.79 Å². The number of Topliss-reactive ketones (excluding diaryl/α,β-unsaturated/α-hetero) is 1. The molecule has 1 atom stereocenters. The second-order valence-corrected chi connectivity index (χ2v) is 7.59. The molecule has 1 heterocycles. The first kappa shape index (κ1) is 19.3. The zero-order valence-corrected chi connectivity index (χ0v) is 15.9. The summed E-state index contributed by atoms with van der Waals surface area (Å²) in [6.07, 6.45) is 2.51. The molecule has 0 radical (unpaired) electrons. The van der Waals surface area contributed by atoms with Gasteiger partial charge in [-0.3, -0.25) is 10.2 Å². The van der Waals surface area contributed by atoms with Crippen molar-refractivity contribution in [3.8, 4) is 0 Å². The minimum Gasteiger partial charge on any atom is -0.443 e. The second kappa shape index (κ2) is 7.91. The molecule has 1 amide bonds. The maximum absolute atomic E-state index is 12.9. The number of anilines is 1. The van der Waals surface area contributed by atoms with Crippen LogP contribution in [-0.2, 0) is 9.53 Å². The van der Waals surface area contributed by atoms with Gasteiger partial charge in [-0.05, 0) is 57.7 Å². The molecule has 1 fully saturated rings. The van der Waals surface area contributed by atoms with E-state index in [-0.39, 0.29) is 11.6 Å². The highest BCUT2D eigenvalue weighted by atomic mass is 32.2. The van der Waals surface area contributed by atoms with E-state index in [9.17, 15) is 9.59 Å². The number of ketones is 1. The van der Waals surface area contributed by atoms with Crippen LogP contribution in [-0.4, -0.2) is 46.5 Å².